The molecule has 0 aliphatic heterocycles. The molecule has 0 saturated heterocycles. The minimum absolute atomic E-state index is 0.138. The number of aromatic amines is 1. The average molecular weight is 260 g/mol. The number of amides is 1. The Labute approximate surface area is 110 Å². The van der Waals surface area contributed by atoms with Crippen LogP contribution in [-0.4, -0.2) is 26.5 Å². The Morgan fingerprint density at radius 3 is 2.95 bits per heavy atom. The van der Waals surface area contributed by atoms with Crippen LogP contribution in [0.3, 0.4) is 0 Å². The molecule has 2 rings (SSSR count). The fourth-order valence-electron chi connectivity index (χ4n) is 1.82. The van der Waals surface area contributed by atoms with Crippen LogP contribution < -0.4 is 11.1 Å². The van der Waals surface area contributed by atoms with E-state index in [-0.39, 0.29) is 24.9 Å². The summed E-state index contributed by atoms with van der Waals surface area (Å²) in [7, 11) is 0. The molecule has 1 amide bonds. The summed E-state index contributed by atoms with van der Waals surface area (Å²) >= 11 is 0. The number of hydrogen-bond donors (Lipinski definition) is 3. The van der Waals surface area contributed by atoms with Crippen molar-refractivity contribution in [3.8, 4) is 0 Å². The van der Waals surface area contributed by atoms with Crippen LogP contribution in [-0.2, 0) is 11.3 Å². The topological polar surface area (TPSA) is 110 Å². The molecule has 7 heteroatoms. The molecule has 2 aromatic rings. The van der Waals surface area contributed by atoms with E-state index in [1.165, 1.54) is 0 Å². The van der Waals surface area contributed by atoms with Gasteiger partial charge in [-0.3, -0.25) is 4.79 Å². The van der Waals surface area contributed by atoms with Gasteiger partial charge in [-0.05, 0) is 18.1 Å². The molecule has 0 aliphatic carbocycles. The number of aromatic nitrogens is 4. The first kappa shape index (κ1) is 13.2. The second kappa shape index (κ2) is 6.05. The number of tetrazole rings is 1. The van der Waals surface area contributed by atoms with Crippen LogP contribution in [0.4, 0.5) is 0 Å². The largest absolute Gasteiger partial charge is 0.349 e. The van der Waals surface area contributed by atoms with E-state index in [0.29, 0.717) is 5.82 Å². The van der Waals surface area contributed by atoms with Gasteiger partial charge in [-0.2, -0.15) is 5.21 Å². The van der Waals surface area contributed by atoms with E-state index in [1.54, 1.807) is 0 Å². The van der Waals surface area contributed by atoms with Gasteiger partial charge in [0.1, 0.15) is 0 Å². The van der Waals surface area contributed by atoms with Crippen LogP contribution in [0.5, 0.6) is 0 Å². The first-order valence-corrected chi connectivity index (χ1v) is 5.97. The zero-order chi connectivity index (χ0) is 13.7. The molecule has 0 aliphatic rings. The number of carbonyl (C=O) groups is 1. The monoisotopic (exact) mass is 260 g/mol. The lowest BCUT2D eigenvalue weighted by Crippen LogP contribution is -2.27. The van der Waals surface area contributed by atoms with Crippen molar-refractivity contribution in [2.45, 2.75) is 25.9 Å². The third kappa shape index (κ3) is 3.59. The van der Waals surface area contributed by atoms with Crippen LogP contribution in [0.15, 0.2) is 24.3 Å². The molecular weight excluding hydrogens is 244 g/mol. The smallest absolute Gasteiger partial charge is 0.222 e. The van der Waals surface area contributed by atoms with Crippen molar-refractivity contribution in [1.29, 1.82) is 0 Å². The molecule has 100 valence electrons. The highest BCUT2D eigenvalue weighted by Crippen LogP contribution is 2.17. The molecule has 1 heterocycles. The molecular formula is C12H16N6O. The summed E-state index contributed by atoms with van der Waals surface area (Å²) in [5, 5.41) is 15.9. The highest BCUT2D eigenvalue weighted by molar-refractivity contribution is 5.76. The summed E-state index contributed by atoms with van der Waals surface area (Å²) in [5.41, 5.74) is 8.10. The number of carbonyl (C=O) groups excluding carboxylic acids is 1. The second-order valence-electron chi connectivity index (χ2n) is 4.27. The molecule has 1 aromatic heterocycles. The summed E-state index contributed by atoms with van der Waals surface area (Å²) < 4.78 is 0. The fraction of sp³-hybridized carbons (Fsp3) is 0.333. The lowest BCUT2D eigenvalue weighted by molar-refractivity contribution is -0.121. The number of hydrogen-bond acceptors (Lipinski definition) is 5. The lowest BCUT2D eigenvalue weighted by atomic mass is 9.99. The van der Waals surface area contributed by atoms with Gasteiger partial charge in [0.15, 0.2) is 5.82 Å². The Morgan fingerprint density at radius 2 is 2.26 bits per heavy atom. The Morgan fingerprint density at radius 1 is 1.47 bits per heavy atom. The average Bonchev–Trinajstić information content (AvgIpc) is 2.90. The van der Waals surface area contributed by atoms with Gasteiger partial charge in [0.25, 0.3) is 0 Å². The summed E-state index contributed by atoms with van der Waals surface area (Å²) in [6, 6.07) is 7.46. The van der Waals surface area contributed by atoms with E-state index in [2.05, 4.69) is 25.9 Å². The van der Waals surface area contributed by atoms with Crippen molar-refractivity contribution in [3.63, 3.8) is 0 Å². The van der Waals surface area contributed by atoms with Gasteiger partial charge in [-0.1, -0.05) is 29.5 Å². The van der Waals surface area contributed by atoms with Crippen LogP contribution >= 0.6 is 0 Å². The van der Waals surface area contributed by atoms with Gasteiger partial charge in [0.05, 0.1) is 6.54 Å². The van der Waals surface area contributed by atoms with Crippen molar-refractivity contribution in [3.05, 3.63) is 41.2 Å². The van der Waals surface area contributed by atoms with E-state index in [0.717, 1.165) is 11.1 Å². The van der Waals surface area contributed by atoms with Gasteiger partial charge in [0, 0.05) is 12.5 Å². The minimum Gasteiger partial charge on any atom is -0.349 e. The second-order valence-corrected chi connectivity index (χ2v) is 4.27. The fourth-order valence-corrected chi connectivity index (χ4v) is 1.82. The number of aryl methyl sites for hydroxylation is 1. The van der Waals surface area contributed by atoms with Crippen molar-refractivity contribution < 1.29 is 4.79 Å². The molecule has 0 fully saturated rings. The molecule has 0 unspecified atom stereocenters. The highest BCUT2D eigenvalue weighted by atomic mass is 16.1. The summed E-state index contributed by atoms with van der Waals surface area (Å²) in [6.07, 6.45) is 0.225. The maximum absolute atomic E-state index is 11.8. The molecule has 7 nitrogen and oxygen atoms in total. The number of benzene rings is 1. The quantitative estimate of drug-likeness (QED) is 0.712. The first-order chi connectivity index (χ1) is 9.16. The molecule has 19 heavy (non-hydrogen) atoms. The van der Waals surface area contributed by atoms with Gasteiger partial charge < -0.3 is 11.1 Å². The van der Waals surface area contributed by atoms with Crippen molar-refractivity contribution in [2.75, 3.05) is 0 Å². The maximum Gasteiger partial charge on any atom is 0.222 e. The highest BCUT2D eigenvalue weighted by Gasteiger charge is 2.13. The molecule has 0 spiro atoms. The van der Waals surface area contributed by atoms with Crippen molar-refractivity contribution in [1.82, 2.24) is 25.9 Å². The van der Waals surface area contributed by atoms with Gasteiger partial charge in [-0.25, -0.2) is 0 Å². The predicted molar refractivity (Wildman–Crippen MR) is 68.7 cm³/mol. The summed E-state index contributed by atoms with van der Waals surface area (Å²) in [6.45, 7) is 2.22. The van der Waals surface area contributed by atoms with Crippen LogP contribution in [0.25, 0.3) is 0 Å². The van der Waals surface area contributed by atoms with Crippen LogP contribution in [0.1, 0.15) is 29.4 Å². The number of rotatable bonds is 5. The summed E-state index contributed by atoms with van der Waals surface area (Å²) in [4.78, 5) is 11.8. The van der Waals surface area contributed by atoms with Crippen molar-refractivity contribution >= 4 is 5.91 Å². The normalized spacial score (nSPS) is 12.1. The standard InChI is InChI=1S/C12H16N6O/c1-8-4-2-3-5-9(8)10(13)6-12(19)14-7-11-15-17-18-16-11/h2-5,10H,6-7,13H2,1H3,(H,14,19)(H,15,16,17,18)/t10-/m0/s1. The van der Waals surface area contributed by atoms with Gasteiger partial charge >= 0.3 is 0 Å². The van der Waals surface area contributed by atoms with E-state index in [4.69, 9.17) is 5.73 Å². The Hall–Kier alpha value is -2.28. The predicted octanol–water partition coefficient (Wildman–Crippen LogP) is 0.214. The SMILES string of the molecule is Cc1ccccc1[C@@H](N)CC(=O)NCc1nn[nH]n1. The zero-order valence-corrected chi connectivity index (χ0v) is 10.6. The molecule has 4 N–H and O–H groups in total. The van der Waals surface area contributed by atoms with Crippen LogP contribution in [0, 0.1) is 6.92 Å². The lowest BCUT2D eigenvalue weighted by Gasteiger charge is -2.14. The maximum atomic E-state index is 11.8. The van der Waals surface area contributed by atoms with E-state index in [1.807, 2.05) is 31.2 Å². The molecule has 0 saturated carbocycles. The Bertz CT molecular complexity index is 539. The van der Waals surface area contributed by atoms with E-state index >= 15 is 0 Å². The van der Waals surface area contributed by atoms with Gasteiger partial charge in [-0.15, -0.1) is 10.2 Å². The number of H-pyrrole nitrogens is 1. The van der Waals surface area contributed by atoms with Crippen LogP contribution in [0.2, 0.25) is 0 Å². The van der Waals surface area contributed by atoms with E-state index in [9.17, 15) is 4.79 Å². The number of nitrogens with zero attached hydrogens (tertiary/aromatic N) is 3. The van der Waals surface area contributed by atoms with Crippen molar-refractivity contribution in [2.24, 2.45) is 5.73 Å². The number of nitrogens with two attached hydrogens (primary N) is 1. The van der Waals surface area contributed by atoms with E-state index < -0.39 is 0 Å². The molecule has 0 bridgehead atoms. The zero-order valence-electron chi connectivity index (χ0n) is 10.6. The third-order valence-electron chi connectivity index (χ3n) is 2.83. The molecule has 1 aromatic carbocycles. The Balaban J connectivity index is 1.87. The minimum atomic E-state index is -0.313. The summed E-state index contributed by atoms with van der Waals surface area (Å²) in [5.74, 6) is 0.304. The molecule has 1 atom stereocenters. The third-order valence-corrected chi connectivity index (χ3v) is 2.83. The number of nitrogens with one attached hydrogen (secondary N) is 2. The Kier molecular flexibility index (Phi) is 4.19. The first-order valence-electron chi connectivity index (χ1n) is 5.97. The van der Waals surface area contributed by atoms with Gasteiger partial charge in [0.2, 0.25) is 5.91 Å². The molecule has 0 radical (unpaired) electrons.